The van der Waals surface area contributed by atoms with E-state index >= 15 is 0 Å². The summed E-state index contributed by atoms with van der Waals surface area (Å²) in [6.45, 7) is 0. The number of fused-ring (bicyclic) bond motifs is 1. The molecule has 2 heterocycles. The van der Waals surface area contributed by atoms with Gasteiger partial charge in [0.1, 0.15) is 5.75 Å². The zero-order chi connectivity index (χ0) is 30.5. The number of benzene rings is 1. The van der Waals surface area contributed by atoms with Gasteiger partial charge in [-0.05, 0) is 31.0 Å². The summed E-state index contributed by atoms with van der Waals surface area (Å²) in [6.07, 6.45) is -15.3. The van der Waals surface area contributed by atoms with Crippen LogP contribution >= 0.6 is 11.6 Å². The average molecular weight is 608 g/mol. The normalized spacial score (nSPS) is 16.9. The van der Waals surface area contributed by atoms with Gasteiger partial charge in [-0.2, -0.15) is 26.3 Å². The molecule has 4 N–H and O–H groups in total. The van der Waals surface area contributed by atoms with Gasteiger partial charge >= 0.3 is 12.4 Å². The Morgan fingerprint density at radius 3 is 2.24 bits per heavy atom. The second-order valence-corrected chi connectivity index (χ2v) is 9.48. The number of aliphatic imine (C=N–C) groups is 1. The van der Waals surface area contributed by atoms with Crippen LogP contribution in [0, 0.1) is 11.8 Å². The molecule has 2 aromatic rings. The van der Waals surface area contributed by atoms with Crippen LogP contribution in [0.1, 0.15) is 36.9 Å². The number of hydrogen-bond acceptors (Lipinski definition) is 6. The van der Waals surface area contributed by atoms with Crippen molar-refractivity contribution in [3.63, 3.8) is 0 Å². The number of ether oxygens (including phenoxy) is 1. The number of primary amides is 1. The van der Waals surface area contributed by atoms with E-state index in [1.165, 1.54) is 31.5 Å². The highest BCUT2D eigenvalue weighted by atomic mass is 35.5. The van der Waals surface area contributed by atoms with Gasteiger partial charge in [0, 0.05) is 36.4 Å². The molecule has 16 heteroatoms. The van der Waals surface area contributed by atoms with E-state index in [0.29, 0.717) is 5.56 Å². The molecule has 3 atom stereocenters. The van der Waals surface area contributed by atoms with E-state index in [0.717, 1.165) is 0 Å². The number of nitrogens with one attached hydrogen (secondary N) is 2. The Kier molecular flexibility index (Phi) is 9.84. The lowest BCUT2D eigenvalue weighted by Gasteiger charge is -2.26. The van der Waals surface area contributed by atoms with E-state index < -0.39 is 73.8 Å². The fourth-order valence-corrected chi connectivity index (χ4v) is 4.34. The Morgan fingerprint density at radius 1 is 1.07 bits per heavy atom. The third kappa shape index (κ3) is 8.55. The molecule has 1 aromatic carbocycles. The monoisotopic (exact) mass is 607 g/mol. The highest BCUT2D eigenvalue weighted by Crippen LogP contribution is 2.34. The summed E-state index contributed by atoms with van der Waals surface area (Å²) in [5.74, 6) is -7.32. The Morgan fingerprint density at radius 2 is 1.71 bits per heavy atom. The summed E-state index contributed by atoms with van der Waals surface area (Å²) in [5, 5.41) is 4.98. The maximum absolute atomic E-state index is 13.3. The molecule has 41 heavy (non-hydrogen) atoms. The largest absolute Gasteiger partial charge is 0.495 e. The van der Waals surface area contributed by atoms with Gasteiger partial charge in [-0.3, -0.25) is 19.4 Å². The fourth-order valence-electron chi connectivity index (χ4n) is 4.23. The molecule has 0 spiro atoms. The van der Waals surface area contributed by atoms with Gasteiger partial charge in [0.2, 0.25) is 18.0 Å². The van der Waals surface area contributed by atoms with Crippen molar-refractivity contribution in [1.82, 2.24) is 10.3 Å². The van der Waals surface area contributed by atoms with E-state index in [2.05, 4.69) is 20.6 Å². The van der Waals surface area contributed by atoms with Crippen molar-refractivity contribution >= 4 is 40.7 Å². The van der Waals surface area contributed by atoms with Crippen molar-refractivity contribution in [3.05, 3.63) is 52.8 Å². The van der Waals surface area contributed by atoms with Crippen LogP contribution in [0.4, 0.5) is 32.0 Å². The first kappa shape index (κ1) is 31.6. The maximum Gasteiger partial charge on any atom is 0.389 e. The maximum atomic E-state index is 13.3. The lowest BCUT2D eigenvalue weighted by molar-refractivity contribution is -0.152. The van der Waals surface area contributed by atoms with Crippen LogP contribution in [0.3, 0.4) is 0 Å². The predicted molar refractivity (Wildman–Crippen MR) is 135 cm³/mol. The third-order valence-corrected chi connectivity index (χ3v) is 6.39. The van der Waals surface area contributed by atoms with E-state index in [1.54, 1.807) is 12.1 Å². The molecule has 1 aromatic heterocycles. The SMILES string of the molecule is COc1cccc2c1NC(=O)C(NC(=O)[C@H](CCC(F)(F)F)[C@H](CCC(F)(F)F)C(N)=O)N=C2c1ccc(Cl)cn1. The molecule has 0 saturated heterocycles. The minimum atomic E-state index is -4.80. The number of amides is 3. The summed E-state index contributed by atoms with van der Waals surface area (Å²) in [7, 11) is 1.33. The molecule has 222 valence electrons. The molecule has 3 rings (SSSR count). The Bertz CT molecular complexity index is 1320. The van der Waals surface area contributed by atoms with Gasteiger partial charge in [0.25, 0.3) is 5.91 Å². The predicted octanol–water partition coefficient (Wildman–Crippen LogP) is 4.38. The average Bonchev–Trinajstić information content (AvgIpc) is 3.01. The number of para-hydroxylation sites is 1. The van der Waals surface area contributed by atoms with Crippen LogP contribution < -0.4 is 21.1 Å². The number of anilines is 1. The van der Waals surface area contributed by atoms with Gasteiger partial charge in [0.15, 0.2) is 0 Å². The number of methoxy groups -OCH3 is 1. The highest BCUT2D eigenvalue weighted by molar-refractivity contribution is 6.30. The number of carbonyl (C=O) groups is 3. The summed E-state index contributed by atoms with van der Waals surface area (Å²) < 4.78 is 83.1. The third-order valence-electron chi connectivity index (χ3n) is 6.17. The number of halogens is 7. The molecule has 0 fully saturated rings. The molecule has 3 amide bonds. The first-order valence-corrected chi connectivity index (χ1v) is 12.4. The number of carbonyl (C=O) groups excluding carboxylic acids is 3. The summed E-state index contributed by atoms with van der Waals surface area (Å²) >= 11 is 5.92. The number of nitrogens with two attached hydrogens (primary N) is 1. The van der Waals surface area contributed by atoms with Crippen LogP contribution in [0.15, 0.2) is 41.5 Å². The molecule has 1 aliphatic rings. The molecule has 0 aliphatic carbocycles. The van der Waals surface area contributed by atoms with Gasteiger partial charge in [-0.1, -0.05) is 23.7 Å². The second-order valence-electron chi connectivity index (χ2n) is 9.05. The molecular weight excluding hydrogens is 584 g/mol. The molecule has 0 bridgehead atoms. The van der Waals surface area contributed by atoms with Gasteiger partial charge < -0.3 is 21.1 Å². The van der Waals surface area contributed by atoms with Crippen LogP contribution in [-0.4, -0.2) is 54.0 Å². The molecule has 0 radical (unpaired) electrons. The van der Waals surface area contributed by atoms with Gasteiger partial charge in [0.05, 0.1) is 29.2 Å². The van der Waals surface area contributed by atoms with E-state index in [1.807, 2.05) is 0 Å². The lowest BCUT2D eigenvalue weighted by Crippen LogP contribution is -2.48. The van der Waals surface area contributed by atoms with E-state index in [-0.39, 0.29) is 27.9 Å². The standard InChI is InChI=1S/C25H24ClF6N5O4/c1-41-17-4-2-3-15-18(16-6-5-12(26)11-34-16)35-21(23(40)36-19(15)17)37-22(39)14(8-10-25(30,31)32)13(20(33)38)7-9-24(27,28)29/h2-6,11,13-14,21H,7-10H2,1H3,(H2,33,38)(H,36,40)(H,37,39)/t13-,14+,21?/m0/s1. The quantitative estimate of drug-likeness (QED) is 0.345. The van der Waals surface area contributed by atoms with Crippen molar-refractivity contribution in [2.24, 2.45) is 22.6 Å². The van der Waals surface area contributed by atoms with E-state index in [4.69, 9.17) is 22.1 Å². The molecule has 1 unspecified atom stereocenters. The molecule has 9 nitrogen and oxygen atoms in total. The van der Waals surface area contributed by atoms with Crippen LogP contribution in [0.25, 0.3) is 0 Å². The molecular formula is C25H24ClF6N5O4. The van der Waals surface area contributed by atoms with Crippen LogP contribution in [0.5, 0.6) is 5.75 Å². The number of alkyl halides is 6. The van der Waals surface area contributed by atoms with Gasteiger partial charge in [-0.25, -0.2) is 4.99 Å². The first-order chi connectivity index (χ1) is 19.1. The molecule has 1 aliphatic heterocycles. The van der Waals surface area contributed by atoms with Crippen LogP contribution in [0.2, 0.25) is 5.02 Å². The summed E-state index contributed by atoms with van der Waals surface area (Å²) in [5.41, 5.74) is 5.90. The second kappa shape index (κ2) is 12.7. The first-order valence-electron chi connectivity index (χ1n) is 12.0. The number of pyridine rings is 1. The van der Waals surface area contributed by atoms with Crippen molar-refractivity contribution in [1.29, 1.82) is 0 Å². The summed E-state index contributed by atoms with van der Waals surface area (Å²) in [4.78, 5) is 46.9. The topological polar surface area (TPSA) is 136 Å². The Balaban J connectivity index is 2.03. The van der Waals surface area contributed by atoms with E-state index in [9.17, 15) is 40.7 Å². The van der Waals surface area contributed by atoms with Gasteiger partial charge in [-0.15, -0.1) is 0 Å². The highest BCUT2D eigenvalue weighted by Gasteiger charge is 2.40. The van der Waals surface area contributed by atoms with Crippen molar-refractivity contribution in [3.8, 4) is 5.75 Å². The van der Waals surface area contributed by atoms with Crippen molar-refractivity contribution in [2.75, 3.05) is 12.4 Å². The zero-order valence-electron chi connectivity index (χ0n) is 21.3. The minimum Gasteiger partial charge on any atom is -0.495 e. The smallest absolute Gasteiger partial charge is 0.389 e. The fraction of sp³-hybridized carbons (Fsp3) is 0.400. The number of rotatable bonds is 10. The van der Waals surface area contributed by atoms with Crippen molar-refractivity contribution in [2.45, 2.75) is 44.2 Å². The number of hydrogen-bond donors (Lipinski definition) is 3. The van der Waals surface area contributed by atoms with Crippen molar-refractivity contribution < 1.29 is 45.5 Å². The number of aromatic nitrogens is 1. The minimum absolute atomic E-state index is 0.0505. The Labute approximate surface area is 234 Å². The summed E-state index contributed by atoms with van der Waals surface area (Å²) in [6, 6.07) is 7.61. The number of nitrogens with zero attached hydrogens (tertiary/aromatic N) is 2. The Hall–Kier alpha value is -3.88. The zero-order valence-corrected chi connectivity index (χ0v) is 22.0. The number of benzodiazepines with no additional fused rings is 1. The lowest BCUT2D eigenvalue weighted by atomic mass is 9.83. The van der Waals surface area contributed by atoms with Crippen LogP contribution in [-0.2, 0) is 14.4 Å². The molecule has 0 saturated carbocycles.